The molecule has 4 nitrogen and oxygen atoms in total. The van der Waals surface area contributed by atoms with Gasteiger partial charge in [-0.25, -0.2) is 4.79 Å². The third-order valence-electron chi connectivity index (χ3n) is 3.66. The smallest absolute Gasteiger partial charge is 0.361 e. The minimum atomic E-state index is -4.99. The maximum atomic E-state index is 12.8. The van der Waals surface area contributed by atoms with Crippen LogP contribution in [-0.2, 0) is 12.4 Å². The molecule has 3 rings (SSSR count). The van der Waals surface area contributed by atoms with Crippen molar-refractivity contribution in [1.82, 2.24) is 4.98 Å². The van der Waals surface area contributed by atoms with Crippen molar-refractivity contribution in [3.8, 4) is 0 Å². The van der Waals surface area contributed by atoms with E-state index in [4.69, 9.17) is 0 Å². The molecule has 0 spiro atoms. The number of aromatic amines is 1. The lowest BCUT2D eigenvalue weighted by Gasteiger charge is -2.15. The Labute approximate surface area is 148 Å². The van der Waals surface area contributed by atoms with Crippen molar-refractivity contribution >= 4 is 28.3 Å². The van der Waals surface area contributed by atoms with E-state index in [9.17, 15) is 31.1 Å². The summed E-state index contributed by atoms with van der Waals surface area (Å²) >= 11 is 0. The predicted molar refractivity (Wildman–Crippen MR) is 87.4 cm³/mol. The summed E-state index contributed by atoms with van der Waals surface area (Å²) in [7, 11) is 0. The number of H-pyrrole nitrogens is 1. The molecule has 0 aliphatic carbocycles. The number of rotatable bonds is 2. The van der Waals surface area contributed by atoms with Crippen molar-refractivity contribution in [1.29, 1.82) is 0 Å². The normalized spacial score (nSPS) is 12.2. The second kappa shape index (κ2) is 6.53. The van der Waals surface area contributed by atoms with Crippen LogP contribution in [0.15, 0.2) is 48.7 Å². The number of halogens is 6. The fraction of sp³-hybridized carbons (Fsp3) is 0.118. The third-order valence-corrected chi connectivity index (χ3v) is 3.66. The van der Waals surface area contributed by atoms with Crippen LogP contribution < -0.4 is 10.6 Å². The highest BCUT2D eigenvalue weighted by atomic mass is 19.4. The molecule has 0 saturated heterocycles. The number of hydrogen-bond acceptors (Lipinski definition) is 1. The van der Waals surface area contributed by atoms with Gasteiger partial charge in [-0.1, -0.05) is 0 Å². The molecular weight excluding hydrogens is 376 g/mol. The Morgan fingerprint density at radius 3 is 1.96 bits per heavy atom. The average Bonchev–Trinajstić information content (AvgIpc) is 3.00. The zero-order chi connectivity index (χ0) is 19.8. The highest BCUT2D eigenvalue weighted by molar-refractivity contribution is 6.01. The molecule has 3 N–H and O–H groups in total. The highest BCUT2D eigenvalue weighted by Crippen LogP contribution is 2.37. The molecule has 0 aliphatic heterocycles. The number of alkyl halides is 6. The van der Waals surface area contributed by atoms with Gasteiger partial charge in [-0.05, 0) is 42.5 Å². The number of anilines is 2. The summed E-state index contributed by atoms with van der Waals surface area (Å²) in [5.41, 5.74) is -2.53. The molecule has 1 aromatic heterocycles. The van der Waals surface area contributed by atoms with Gasteiger partial charge >= 0.3 is 18.4 Å². The SMILES string of the molecule is O=C(Nc1cc(C(F)(F)F)cc(C(F)(F)F)c1)Nc1ccc2[nH]ccc2c1. The van der Waals surface area contributed by atoms with Crippen LogP contribution in [-0.4, -0.2) is 11.0 Å². The number of carbonyl (C=O) groups is 1. The Bertz CT molecular complexity index is 958. The predicted octanol–water partition coefficient (Wildman–Crippen LogP) is 5.85. The van der Waals surface area contributed by atoms with Gasteiger partial charge in [0.1, 0.15) is 0 Å². The molecule has 0 aliphatic rings. The lowest BCUT2D eigenvalue weighted by molar-refractivity contribution is -0.143. The second-order valence-corrected chi connectivity index (χ2v) is 5.65. The quantitative estimate of drug-likeness (QED) is 0.475. The fourth-order valence-electron chi connectivity index (χ4n) is 2.45. The summed E-state index contributed by atoms with van der Waals surface area (Å²) in [4.78, 5) is 14.9. The molecule has 142 valence electrons. The van der Waals surface area contributed by atoms with Gasteiger partial charge in [0.25, 0.3) is 0 Å². The standard InChI is InChI=1S/C17H11F6N3O/c18-16(19,20)10-6-11(17(21,22)23)8-13(7-10)26-15(27)25-12-1-2-14-9(5-12)3-4-24-14/h1-8,24H,(H2,25,26,27). The Morgan fingerprint density at radius 2 is 1.37 bits per heavy atom. The molecule has 0 radical (unpaired) electrons. The van der Waals surface area contributed by atoms with Crippen LogP contribution in [0.1, 0.15) is 11.1 Å². The molecule has 27 heavy (non-hydrogen) atoms. The van der Waals surface area contributed by atoms with Gasteiger partial charge in [0.2, 0.25) is 0 Å². The Balaban J connectivity index is 1.83. The van der Waals surface area contributed by atoms with E-state index in [-0.39, 0.29) is 6.07 Å². The van der Waals surface area contributed by atoms with Gasteiger partial charge in [0, 0.05) is 28.5 Å². The maximum Gasteiger partial charge on any atom is 0.416 e. The van der Waals surface area contributed by atoms with Crippen LogP contribution in [0.2, 0.25) is 0 Å². The molecule has 2 amide bonds. The number of benzene rings is 2. The fourth-order valence-corrected chi connectivity index (χ4v) is 2.45. The summed E-state index contributed by atoms with van der Waals surface area (Å²) in [6, 6.07) is 6.41. The van der Waals surface area contributed by atoms with Gasteiger partial charge in [-0.3, -0.25) is 0 Å². The summed E-state index contributed by atoms with van der Waals surface area (Å²) in [5.74, 6) is 0. The van der Waals surface area contributed by atoms with Crippen LogP contribution in [0.5, 0.6) is 0 Å². The molecule has 2 aromatic carbocycles. The van der Waals surface area contributed by atoms with Crippen molar-refractivity contribution in [2.75, 3.05) is 10.6 Å². The maximum absolute atomic E-state index is 12.8. The van der Waals surface area contributed by atoms with Gasteiger partial charge in [-0.2, -0.15) is 26.3 Å². The molecule has 0 bridgehead atoms. The molecule has 10 heteroatoms. The van der Waals surface area contributed by atoms with Crippen LogP contribution in [0, 0.1) is 0 Å². The van der Waals surface area contributed by atoms with Crippen molar-refractivity contribution in [3.05, 3.63) is 59.8 Å². The van der Waals surface area contributed by atoms with Gasteiger partial charge < -0.3 is 15.6 Å². The van der Waals surface area contributed by atoms with Crippen molar-refractivity contribution in [2.24, 2.45) is 0 Å². The van der Waals surface area contributed by atoms with E-state index in [0.29, 0.717) is 17.8 Å². The average molecular weight is 387 g/mol. The minimum absolute atomic E-state index is 0.0110. The van der Waals surface area contributed by atoms with E-state index < -0.39 is 35.2 Å². The van der Waals surface area contributed by atoms with E-state index >= 15 is 0 Å². The molecule has 0 saturated carbocycles. The molecule has 1 heterocycles. The van der Waals surface area contributed by atoms with Gasteiger partial charge in [0.05, 0.1) is 11.1 Å². The Morgan fingerprint density at radius 1 is 0.778 bits per heavy atom. The number of amides is 2. The third kappa shape index (κ3) is 4.33. The number of urea groups is 1. The van der Waals surface area contributed by atoms with Crippen molar-refractivity contribution in [2.45, 2.75) is 12.4 Å². The second-order valence-electron chi connectivity index (χ2n) is 5.65. The molecule has 3 aromatic rings. The summed E-state index contributed by atoms with van der Waals surface area (Å²) in [5, 5.41) is 5.13. The topological polar surface area (TPSA) is 56.9 Å². The molecule has 0 atom stereocenters. The van der Waals surface area contributed by atoms with Gasteiger partial charge in [-0.15, -0.1) is 0 Å². The Kier molecular flexibility index (Phi) is 4.50. The van der Waals surface area contributed by atoms with Crippen LogP contribution in [0.3, 0.4) is 0 Å². The van der Waals surface area contributed by atoms with E-state index in [1.165, 1.54) is 6.07 Å². The van der Waals surface area contributed by atoms with Crippen molar-refractivity contribution in [3.63, 3.8) is 0 Å². The minimum Gasteiger partial charge on any atom is -0.361 e. The number of hydrogen-bond donors (Lipinski definition) is 3. The van der Waals surface area contributed by atoms with E-state index in [1.54, 1.807) is 24.4 Å². The van der Waals surface area contributed by atoms with Crippen LogP contribution in [0.25, 0.3) is 10.9 Å². The number of carbonyl (C=O) groups excluding carboxylic acids is 1. The number of aromatic nitrogens is 1. The molecular formula is C17H11F6N3O. The van der Waals surface area contributed by atoms with Gasteiger partial charge in [0.15, 0.2) is 0 Å². The first-order valence-corrected chi connectivity index (χ1v) is 7.47. The summed E-state index contributed by atoms with van der Waals surface area (Å²) in [6.07, 6.45) is -8.31. The van der Waals surface area contributed by atoms with E-state index in [1.807, 2.05) is 5.32 Å². The summed E-state index contributed by atoms with van der Waals surface area (Å²) in [6.45, 7) is 0. The molecule has 0 fully saturated rings. The number of fused-ring (bicyclic) bond motifs is 1. The van der Waals surface area contributed by atoms with E-state index in [2.05, 4.69) is 10.3 Å². The van der Waals surface area contributed by atoms with Crippen molar-refractivity contribution < 1.29 is 31.1 Å². The molecule has 0 unspecified atom stereocenters. The first-order chi connectivity index (χ1) is 12.5. The zero-order valence-corrected chi connectivity index (χ0v) is 13.3. The monoisotopic (exact) mass is 387 g/mol. The van der Waals surface area contributed by atoms with Crippen LogP contribution in [0.4, 0.5) is 42.5 Å². The first-order valence-electron chi connectivity index (χ1n) is 7.47. The zero-order valence-electron chi connectivity index (χ0n) is 13.3. The lowest BCUT2D eigenvalue weighted by Crippen LogP contribution is -2.20. The van der Waals surface area contributed by atoms with E-state index in [0.717, 1.165) is 10.9 Å². The number of nitrogens with one attached hydrogen (secondary N) is 3. The first kappa shape index (κ1) is 18.6. The van der Waals surface area contributed by atoms with Crippen LogP contribution >= 0.6 is 0 Å². The highest BCUT2D eigenvalue weighted by Gasteiger charge is 2.37. The largest absolute Gasteiger partial charge is 0.416 e. The lowest BCUT2D eigenvalue weighted by atomic mass is 10.1. The summed E-state index contributed by atoms with van der Waals surface area (Å²) < 4.78 is 77.0. The Hall–Kier alpha value is -3.17.